The third-order valence-corrected chi connectivity index (χ3v) is 5.94. The lowest BCUT2D eigenvalue weighted by Gasteiger charge is -2.36. The van der Waals surface area contributed by atoms with Crippen LogP contribution >= 0.6 is 0 Å². The number of rotatable bonds is 3. The van der Waals surface area contributed by atoms with E-state index >= 15 is 0 Å². The zero-order valence-electron chi connectivity index (χ0n) is 12.4. The van der Waals surface area contributed by atoms with Gasteiger partial charge in [0, 0.05) is 12.6 Å². The lowest BCUT2D eigenvalue weighted by atomic mass is 9.80. The zero-order valence-corrected chi connectivity index (χ0v) is 12.4. The van der Waals surface area contributed by atoms with Gasteiger partial charge in [-0.15, -0.1) is 0 Å². The van der Waals surface area contributed by atoms with Crippen molar-refractivity contribution in [3.8, 4) is 0 Å². The van der Waals surface area contributed by atoms with Gasteiger partial charge in [-0.1, -0.05) is 6.42 Å². The van der Waals surface area contributed by atoms with Gasteiger partial charge in [0.15, 0.2) is 0 Å². The zero-order chi connectivity index (χ0) is 13.5. The van der Waals surface area contributed by atoms with E-state index in [9.17, 15) is 4.79 Å². The largest absolute Gasteiger partial charge is 0.353 e. The standard InChI is InChI=1S/C16H28N2O/c1-11(14-9-12-4-5-13(14)8-12)18-15(19)16(2)6-3-7-17-10-16/h11-14,17H,3-10H2,1-2H3,(H,18,19). The van der Waals surface area contributed by atoms with Crippen molar-refractivity contribution in [2.24, 2.45) is 23.2 Å². The number of nitrogens with one attached hydrogen (secondary N) is 2. The van der Waals surface area contributed by atoms with Crippen molar-refractivity contribution in [2.75, 3.05) is 13.1 Å². The summed E-state index contributed by atoms with van der Waals surface area (Å²) in [6, 6.07) is 0.363. The first-order valence-electron chi connectivity index (χ1n) is 8.10. The van der Waals surface area contributed by atoms with E-state index in [0.29, 0.717) is 6.04 Å². The molecule has 3 heteroatoms. The Balaban J connectivity index is 1.57. The Morgan fingerprint density at radius 3 is 2.79 bits per heavy atom. The Morgan fingerprint density at radius 2 is 2.21 bits per heavy atom. The molecule has 0 aromatic rings. The van der Waals surface area contributed by atoms with Crippen LogP contribution < -0.4 is 10.6 Å². The molecule has 0 aromatic carbocycles. The highest BCUT2D eigenvalue weighted by Crippen LogP contribution is 2.49. The molecule has 0 radical (unpaired) electrons. The summed E-state index contributed by atoms with van der Waals surface area (Å²) in [5, 5.41) is 6.70. The Bertz CT molecular complexity index is 349. The quantitative estimate of drug-likeness (QED) is 0.821. The fourth-order valence-electron chi connectivity index (χ4n) is 4.64. The molecule has 2 bridgehead atoms. The highest BCUT2D eigenvalue weighted by atomic mass is 16.2. The van der Waals surface area contributed by atoms with Crippen LogP contribution in [-0.4, -0.2) is 25.0 Å². The van der Waals surface area contributed by atoms with Crippen LogP contribution in [0.5, 0.6) is 0 Å². The van der Waals surface area contributed by atoms with Gasteiger partial charge in [-0.2, -0.15) is 0 Å². The summed E-state index contributed by atoms with van der Waals surface area (Å²) in [5.41, 5.74) is -0.190. The predicted molar refractivity (Wildman–Crippen MR) is 76.8 cm³/mol. The van der Waals surface area contributed by atoms with Crippen LogP contribution in [0.15, 0.2) is 0 Å². The van der Waals surface area contributed by atoms with Crippen molar-refractivity contribution >= 4 is 5.91 Å². The van der Waals surface area contributed by atoms with Gasteiger partial charge in [-0.05, 0) is 70.3 Å². The van der Waals surface area contributed by atoms with Crippen LogP contribution in [0, 0.1) is 23.2 Å². The Morgan fingerprint density at radius 1 is 1.37 bits per heavy atom. The molecule has 3 aliphatic rings. The van der Waals surface area contributed by atoms with Crippen molar-refractivity contribution in [3.05, 3.63) is 0 Å². The minimum Gasteiger partial charge on any atom is -0.353 e. The maximum absolute atomic E-state index is 12.5. The third-order valence-electron chi connectivity index (χ3n) is 5.94. The highest BCUT2D eigenvalue weighted by Gasteiger charge is 2.43. The fourth-order valence-corrected chi connectivity index (χ4v) is 4.64. The lowest BCUT2D eigenvalue weighted by molar-refractivity contribution is -0.132. The fraction of sp³-hybridized carbons (Fsp3) is 0.938. The summed E-state index contributed by atoms with van der Waals surface area (Å²) in [6.45, 7) is 6.23. The van der Waals surface area contributed by atoms with Crippen LogP contribution in [0.2, 0.25) is 0 Å². The van der Waals surface area contributed by atoms with Gasteiger partial charge in [0.2, 0.25) is 5.91 Å². The SMILES string of the molecule is CC(NC(=O)C1(C)CCCNC1)C1CC2CCC1C2. The maximum Gasteiger partial charge on any atom is 0.227 e. The minimum atomic E-state index is -0.190. The lowest BCUT2D eigenvalue weighted by Crippen LogP contribution is -2.52. The van der Waals surface area contributed by atoms with Crippen molar-refractivity contribution in [2.45, 2.75) is 58.4 Å². The molecule has 0 spiro atoms. The second-order valence-electron chi connectivity index (χ2n) is 7.44. The molecule has 1 amide bonds. The molecule has 108 valence electrons. The maximum atomic E-state index is 12.5. The second kappa shape index (κ2) is 5.08. The molecule has 5 atom stereocenters. The first-order chi connectivity index (χ1) is 9.08. The predicted octanol–water partition coefficient (Wildman–Crippen LogP) is 2.32. The normalized spacial score (nSPS) is 43.2. The molecule has 3 rings (SSSR count). The average molecular weight is 264 g/mol. The molecule has 3 fully saturated rings. The van der Waals surface area contributed by atoms with Crippen molar-refractivity contribution in [1.29, 1.82) is 0 Å². The third kappa shape index (κ3) is 2.54. The molecule has 5 unspecified atom stereocenters. The molecule has 1 heterocycles. The Labute approximate surface area is 116 Å². The monoisotopic (exact) mass is 264 g/mol. The molecule has 3 nitrogen and oxygen atoms in total. The first kappa shape index (κ1) is 13.4. The van der Waals surface area contributed by atoms with Gasteiger partial charge < -0.3 is 10.6 Å². The van der Waals surface area contributed by atoms with Gasteiger partial charge in [-0.3, -0.25) is 4.79 Å². The summed E-state index contributed by atoms with van der Waals surface area (Å²) < 4.78 is 0. The van der Waals surface area contributed by atoms with Gasteiger partial charge in [0.1, 0.15) is 0 Å². The number of piperidine rings is 1. The van der Waals surface area contributed by atoms with Crippen molar-refractivity contribution in [3.63, 3.8) is 0 Å². The average Bonchev–Trinajstić information content (AvgIpc) is 3.01. The molecular formula is C16H28N2O. The number of hydrogen-bond donors (Lipinski definition) is 2. The van der Waals surface area contributed by atoms with Gasteiger partial charge in [0.05, 0.1) is 5.41 Å². The number of carbonyl (C=O) groups is 1. The van der Waals surface area contributed by atoms with Gasteiger partial charge >= 0.3 is 0 Å². The summed E-state index contributed by atoms with van der Waals surface area (Å²) in [5.74, 6) is 2.86. The van der Waals surface area contributed by atoms with Gasteiger partial charge in [0.25, 0.3) is 0 Å². The molecule has 0 aromatic heterocycles. The highest BCUT2D eigenvalue weighted by molar-refractivity contribution is 5.82. The van der Waals surface area contributed by atoms with E-state index in [-0.39, 0.29) is 11.3 Å². The molecule has 2 saturated carbocycles. The summed E-state index contributed by atoms with van der Waals surface area (Å²) >= 11 is 0. The molecular weight excluding hydrogens is 236 g/mol. The van der Waals surface area contributed by atoms with Crippen molar-refractivity contribution < 1.29 is 4.79 Å². The number of carbonyl (C=O) groups excluding carboxylic acids is 1. The van der Waals surface area contributed by atoms with E-state index < -0.39 is 0 Å². The van der Waals surface area contributed by atoms with E-state index in [1.165, 1.54) is 25.7 Å². The van der Waals surface area contributed by atoms with E-state index in [2.05, 4.69) is 24.5 Å². The first-order valence-corrected chi connectivity index (χ1v) is 8.10. The van der Waals surface area contributed by atoms with Crippen LogP contribution in [0.4, 0.5) is 0 Å². The van der Waals surface area contributed by atoms with E-state index in [1.54, 1.807) is 0 Å². The second-order valence-corrected chi connectivity index (χ2v) is 7.44. The Kier molecular flexibility index (Phi) is 3.59. The summed E-state index contributed by atoms with van der Waals surface area (Å²) in [7, 11) is 0. The molecule has 2 N–H and O–H groups in total. The molecule has 2 aliphatic carbocycles. The summed E-state index contributed by atoms with van der Waals surface area (Å²) in [4.78, 5) is 12.5. The Hall–Kier alpha value is -0.570. The van der Waals surface area contributed by atoms with E-state index in [0.717, 1.165) is 43.7 Å². The molecule has 1 aliphatic heterocycles. The number of fused-ring (bicyclic) bond motifs is 2. The number of hydrogen-bond acceptors (Lipinski definition) is 2. The van der Waals surface area contributed by atoms with Gasteiger partial charge in [-0.25, -0.2) is 0 Å². The minimum absolute atomic E-state index is 0.190. The van der Waals surface area contributed by atoms with Crippen LogP contribution in [0.25, 0.3) is 0 Å². The summed E-state index contributed by atoms with van der Waals surface area (Å²) in [6.07, 6.45) is 7.74. The number of amides is 1. The van der Waals surface area contributed by atoms with Crippen LogP contribution in [0.3, 0.4) is 0 Å². The molecule has 19 heavy (non-hydrogen) atoms. The van der Waals surface area contributed by atoms with Crippen molar-refractivity contribution in [1.82, 2.24) is 10.6 Å². The topological polar surface area (TPSA) is 41.1 Å². The van der Waals surface area contributed by atoms with Crippen LogP contribution in [-0.2, 0) is 4.79 Å². The smallest absolute Gasteiger partial charge is 0.227 e. The van der Waals surface area contributed by atoms with E-state index in [1.807, 2.05) is 0 Å². The van der Waals surface area contributed by atoms with E-state index in [4.69, 9.17) is 0 Å². The molecule has 1 saturated heterocycles. The van der Waals surface area contributed by atoms with Crippen LogP contribution in [0.1, 0.15) is 52.4 Å².